The maximum Gasteiger partial charge on any atom is 0.246 e. The van der Waals surface area contributed by atoms with Gasteiger partial charge in [0, 0.05) is 31.1 Å². The molecule has 1 fully saturated rings. The van der Waals surface area contributed by atoms with Crippen LogP contribution in [0.25, 0.3) is 6.08 Å². The number of aliphatic hydroxyl groups excluding tert-OH is 1. The molecule has 1 saturated heterocycles. The molecule has 0 saturated carbocycles. The van der Waals surface area contributed by atoms with Crippen molar-refractivity contribution in [1.29, 1.82) is 0 Å². The van der Waals surface area contributed by atoms with Gasteiger partial charge in [-0.05, 0) is 17.5 Å². The van der Waals surface area contributed by atoms with Crippen LogP contribution in [0.2, 0.25) is 0 Å². The zero-order valence-corrected chi connectivity index (χ0v) is 10.5. The van der Waals surface area contributed by atoms with Crippen LogP contribution in [-0.2, 0) is 4.79 Å². The second-order valence-electron chi connectivity index (χ2n) is 4.09. The quantitative estimate of drug-likeness (QED) is 0.773. The summed E-state index contributed by atoms with van der Waals surface area (Å²) < 4.78 is 0. The van der Waals surface area contributed by atoms with Gasteiger partial charge < -0.3 is 15.3 Å². The molecule has 92 valence electrons. The number of β-amino-alcohol motifs (C(OH)–C–C–N with tert-alkyl or cyclic N) is 1. The first-order valence-corrected chi connectivity index (χ1v) is 6.43. The molecule has 0 bridgehead atoms. The van der Waals surface area contributed by atoms with E-state index in [9.17, 15) is 9.90 Å². The number of nitrogens with one attached hydrogen (secondary N) is 1. The normalized spacial score (nSPS) is 24.4. The molecular weight excluding hydrogens is 236 g/mol. The van der Waals surface area contributed by atoms with Crippen LogP contribution < -0.4 is 5.32 Å². The third-order valence-corrected chi connectivity index (χ3v) is 3.77. The molecule has 0 spiro atoms. The van der Waals surface area contributed by atoms with E-state index in [2.05, 4.69) is 5.32 Å². The molecule has 2 atom stereocenters. The minimum Gasteiger partial charge on any atom is -0.390 e. The lowest BCUT2D eigenvalue weighted by molar-refractivity contribution is -0.127. The van der Waals surface area contributed by atoms with Crippen molar-refractivity contribution >= 4 is 23.3 Å². The molecule has 0 aliphatic carbocycles. The zero-order valence-electron chi connectivity index (χ0n) is 9.67. The molecule has 0 unspecified atom stereocenters. The molecule has 0 radical (unpaired) electrons. The van der Waals surface area contributed by atoms with Gasteiger partial charge in [0.1, 0.15) is 0 Å². The Balaban J connectivity index is 1.95. The third-order valence-electron chi connectivity index (χ3n) is 2.93. The van der Waals surface area contributed by atoms with E-state index < -0.39 is 6.10 Å². The Labute approximate surface area is 105 Å². The highest BCUT2D eigenvalue weighted by Gasteiger charge is 2.30. The fourth-order valence-corrected chi connectivity index (χ4v) is 2.48. The SMILES string of the molecule is CN(C(=O)/C=C/c1cccs1)[C@@H]1CNC[C@H]1O. The summed E-state index contributed by atoms with van der Waals surface area (Å²) in [5, 5.41) is 14.7. The average Bonchev–Trinajstić information content (AvgIpc) is 2.95. The van der Waals surface area contributed by atoms with Crippen molar-refractivity contribution in [3.8, 4) is 0 Å². The largest absolute Gasteiger partial charge is 0.390 e. The molecule has 5 heteroatoms. The second-order valence-corrected chi connectivity index (χ2v) is 5.07. The van der Waals surface area contributed by atoms with Gasteiger partial charge in [-0.25, -0.2) is 0 Å². The number of hydrogen-bond acceptors (Lipinski definition) is 4. The summed E-state index contributed by atoms with van der Waals surface area (Å²) in [7, 11) is 1.72. The number of aliphatic hydroxyl groups is 1. The second kappa shape index (κ2) is 5.44. The molecule has 2 heterocycles. The first-order chi connectivity index (χ1) is 8.18. The Hall–Kier alpha value is -1.17. The summed E-state index contributed by atoms with van der Waals surface area (Å²) in [5.74, 6) is -0.0776. The van der Waals surface area contributed by atoms with Crippen molar-refractivity contribution in [1.82, 2.24) is 10.2 Å². The fourth-order valence-electron chi connectivity index (χ4n) is 1.87. The van der Waals surface area contributed by atoms with Gasteiger partial charge in [0.15, 0.2) is 0 Å². The first-order valence-electron chi connectivity index (χ1n) is 5.55. The van der Waals surface area contributed by atoms with Crippen LogP contribution >= 0.6 is 11.3 Å². The van der Waals surface area contributed by atoms with Crippen LogP contribution in [0.4, 0.5) is 0 Å². The Kier molecular flexibility index (Phi) is 3.93. The fraction of sp³-hybridized carbons (Fsp3) is 0.417. The highest BCUT2D eigenvalue weighted by atomic mass is 32.1. The Morgan fingerprint density at radius 3 is 3.06 bits per heavy atom. The van der Waals surface area contributed by atoms with E-state index in [0.29, 0.717) is 13.1 Å². The average molecular weight is 252 g/mol. The van der Waals surface area contributed by atoms with Crippen LogP contribution in [0.5, 0.6) is 0 Å². The summed E-state index contributed by atoms with van der Waals surface area (Å²) in [5.41, 5.74) is 0. The van der Waals surface area contributed by atoms with Gasteiger partial charge in [0.05, 0.1) is 12.1 Å². The number of likely N-dealkylation sites (N-methyl/N-ethyl adjacent to an activating group) is 1. The van der Waals surface area contributed by atoms with Crippen molar-refractivity contribution in [2.45, 2.75) is 12.1 Å². The van der Waals surface area contributed by atoms with Crippen LogP contribution in [-0.4, -0.2) is 48.2 Å². The number of amides is 1. The van der Waals surface area contributed by atoms with Gasteiger partial charge in [-0.15, -0.1) is 11.3 Å². The lowest BCUT2D eigenvalue weighted by Gasteiger charge is -2.25. The Bertz CT molecular complexity index is 403. The predicted octanol–water partition coefficient (Wildman–Crippen LogP) is 0.552. The first kappa shape index (κ1) is 12.3. The molecule has 1 aromatic heterocycles. The summed E-state index contributed by atoms with van der Waals surface area (Å²) in [6.45, 7) is 1.20. The number of hydrogen-bond donors (Lipinski definition) is 2. The van der Waals surface area contributed by atoms with Gasteiger partial charge >= 0.3 is 0 Å². The van der Waals surface area contributed by atoms with Gasteiger partial charge in [-0.3, -0.25) is 4.79 Å². The van der Waals surface area contributed by atoms with Gasteiger partial charge in [-0.2, -0.15) is 0 Å². The zero-order chi connectivity index (χ0) is 12.3. The standard InChI is InChI=1S/C12H16N2O2S/c1-14(10-7-13-8-11(10)15)12(16)5-4-9-3-2-6-17-9/h2-6,10-11,13,15H,7-8H2,1H3/b5-4+/t10-,11-/m1/s1. The molecule has 0 aromatic carbocycles. The van der Waals surface area contributed by atoms with Crippen LogP contribution in [0, 0.1) is 0 Å². The van der Waals surface area contributed by atoms with Crippen LogP contribution in [0.3, 0.4) is 0 Å². The minimum atomic E-state index is -0.473. The van der Waals surface area contributed by atoms with Gasteiger partial charge in [0.2, 0.25) is 5.91 Å². The molecule has 4 nitrogen and oxygen atoms in total. The monoisotopic (exact) mass is 252 g/mol. The summed E-state index contributed by atoms with van der Waals surface area (Å²) in [6.07, 6.45) is 2.88. The summed E-state index contributed by atoms with van der Waals surface area (Å²) in [4.78, 5) is 14.5. The van der Waals surface area contributed by atoms with E-state index in [4.69, 9.17) is 0 Å². The topological polar surface area (TPSA) is 52.6 Å². The van der Waals surface area contributed by atoms with Crippen molar-refractivity contribution in [2.75, 3.05) is 20.1 Å². The molecule has 1 aliphatic rings. The van der Waals surface area contributed by atoms with E-state index in [1.165, 1.54) is 0 Å². The molecular formula is C12H16N2O2S. The molecule has 1 amide bonds. The van der Waals surface area contributed by atoms with E-state index in [0.717, 1.165) is 4.88 Å². The molecule has 17 heavy (non-hydrogen) atoms. The summed E-state index contributed by atoms with van der Waals surface area (Å²) in [6, 6.07) is 3.78. The summed E-state index contributed by atoms with van der Waals surface area (Å²) >= 11 is 1.59. The number of carbonyl (C=O) groups excluding carboxylic acids is 1. The Morgan fingerprint density at radius 2 is 2.47 bits per heavy atom. The number of nitrogens with zero attached hydrogens (tertiary/aromatic N) is 1. The third kappa shape index (κ3) is 2.94. The number of thiophene rings is 1. The highest BCUT2D eigenvalue weighted by Crippen LogP contribution is 2.12. The van der Waals surface area contributed by atoms with Crippen LogP contribution in [0.15, 0.2) is 23.6 Å². The van der Waals surface area contributed by atoms with Gasteiger partial charge in [-0.1, -0.05) is 6.07 Å². The van der Waals surface area contributed by atoms with Gasteiger partial charge in [0.25, 0.3) is 0 Å². The number of carbonyl (C=O) groups is 1. The van der Waals surface area contributed by atoms with E-state index in [-0.39, 0.29) is 11.9 Å². The lowest BCUT2D eigenvalue weighted by atomic mass is 10.2. The van der Waals surface area contributed by atoms with Crippen molar-refractivity contribution in [2.24, 2.45) is 0 Å². The minimum absolute atomic E-state index is 0.0776. The van der Waals surface area contributed by atoms with Crippen LogP contribution in [0.1, 0.15) is 4.88 Å². The van der Waals surface area contributed by atoms with E-state index in [1.54, 1.807) is 35.4 Å². The van der Waals surface area contributed by atoms with Crippen molar-refractivity contribution in [3.05, 3.63) is 28.5 Å². The number of rotatable bonds is 3. The van der Waals surface area contributed by atoms with Crippen molar-refractivity contribution in [3.63, 3.8) is 0 Å². The molecule has 1 aromatic rings. The van der Waals surface area contributed by atoms with E-state index >= 15 is 0 Å². The van der Waals surface area contributed by atoms with Crippen molar-refractivity contribution < 1.29 is 9.90 Å². The highest BCUT2D eigenvalue weighted by molar-refractivity contribution is 7.10. The maximum absolute atomic E-state index is 11.9. The smallest absolute Gasteiger partial charge is 0.246 e. The molecule has 1 aliphatic heterocycles. The lowest BCUT2D eigenvalue weighted by Crippen LogP contribution is -2.43. The molecule has 2 rings (SSSR count). The maximum atomic E-state index is 11.9. The predicted molar refractivity (Wildman–Crippen MR) is 68.8 cm³/mol. The van der Waals surface area contributed by atoms with E-state index in [1.807, 2.05) is 17.5 Å². The molecule has 2 N–H and O–H groups in total. The Morgan fingerprint density at radius 1 is 1.65 bits per heavy atom.